The monoisotopic (exact) mass is 251 g/mol. The first-order valence-electron chi connectivity index (χ1n) is 6.07. The number of aromatic nitrogens is 1. The molecule has 2 amide bonds. The van der Waals surface area contributed by atoms with E-state index >= 15 is 0 Å². The minimum atomic E-state index is -0.0933. The van der Waals surface area contributed by atoms with Crippen LogP contribution >= 0.6 is 0 Å². The second-order valence-electron chi connectivity index (χ2n) is 4.12. The zero-order valence-corrected chi connectivity index (χ0v) is 11.2. The SMILES string of the molecule is COCCCNC(=O)N(C)C(C)c1ccccn1. The predicted octanol–water partition coefficient (Wildman–Crippen LogP) is 1.82. The summed E-state index contributed by atoms with van der Waals surface area (Å²) in [5.41, 5.74) is 0.882. The van der Waals surface area contributed by atoms with Gasteiger partial charge in [-0.15, -0.1) is 0 Å². The fraction of sp³-hybridized carbons (Fsp3) is 0.538. The molecule has 0 bridgehead atoms. The van der Waals surface area contributed by atoms with Crippen LogP contribution < -0.4 is 5.32 Å². The molecule has 0 aliphatic carbocycles. The van der Waals surface area contributed by atoms with E-state index in [9.17, 15) is 4.79 Å². The van der Waals surface area contributed by atoms with E-state index in [0.29, 0.717) is 13.2 Å². The number of carbonyl (C=O) groups excluding carboxylic acids is 1. The number of hydrogen-bond acceptors (Lipinski definition) is 3. The maximum absolute atomic E-state index is 11.9. The summed E-state index contributed by atoms with van der Waals surface area (Å²) in [5.74, 6) is 0. The van der Waals surface area contributed by atoms with Crippen LogP contribution in [0.4, 0.5) is 4.79 Å². The molecule has 1 aromatic rings. The highest BCUT2D eigenvalue weighted by atomic mass is 16.5. The Kier molecular flexibility index (Phi) is 6.14. The van der Waals surface area contributed by atoms with Crippen molar-refractivity contribution in [3.63, 3.8) is 0 Å². The summed E-state index contributed by atoms with van der Waals surface area (Å²) >= 11 is 0. The van der Waals surface area contributed by atoms with Gasteiger partial charge in [0.2, 0.25) is 0 Å². The number of urea groups is 1. The second kappa shape index (κ2) is 7.66. The maximum Gasteiger partial charge on any atom is 0.317 e. The third kappa shape index (κ3) is 4.33. The van der Waals surface area contributed by atoms with Crippen molar-refractivity contribution in [1.29, 1.82) is 0 Å². The number of amides is 2. The third-order valence-electron chi connectivity index (χ3n) is 2.82. The van der Waals surface area contributed by atoms with Crippen molar-refractivity contribution in [3.8, 4) is 0 Å². The van der Waals surface area contributed by atoms with Gasteiger partial charge in [0.1, 0.15) is 0 Å². The lowest BCUT2D eigenvalue weighted by atomic mass is 10.2. The molecule has 0 aliphatic heterocycles. The Morgan fingerprint density at radius 2 is 2.33 bits per heavy atom. The topological polar surface area (TPSA) is 54.5 Å². The predicted molar refractivity (Wildman–Crippen MR) is 70.3 cm³/mol. The van der Waals surface area contributed by atoms with Crippen molar-refractivity contribution in [2.45, 2.75) is 19.4 Å². The summed E-state index contributed by atoms with van der Waals surface area (Å²) in [7, 11) is 3.42. The molecule has 0 saturated heterocycles. The first-order valence-corrected chi connectivity index (χ1v) is 6.07. The first-order chi connectivity index (χ1) is 8.66. The Balaban J connectivity index is 2.43. The van der Waals surface area contributed by atoms with Crippen LogP contribution in [-0.4, -0.2) is 43.2 Å². The van der Waals surface area contributed by atoms with Gasteiger partial charge in [-0.05, 0) is 25.5 Å². The van der Waals surface area contributed by atoms with Crippen molar-refractivity contribution in [1.82, 2.24) is 15.2 Å². The molecule has 18 heavy (non-hydrogen) atoms. The van der Waals surface area contributed by atoms with Crippen LogP contribution in [0.2, 0.25) is 0 Å². The van der Waals surface area contributed by atoms with E-state index in [0.717, 1.165) is 12.1 Å². The van der Waals surface area contributed by atoms with E-state index in [1.807, 2.05) is 25.1 Å². The number of methoxy groups -OCH3 is 1. The van der Waals surface area contributed by atoms with E-state index in [1.54, 1.807) is 25.3 Å². The molecule has 0 saturated carbocycles. The molecule has 1 atom stereocenters. The minimum Gasteiger partial charge on any atom is -0.385 e. The molecule has 1 heterocycles. The normalized spacial score (nSPS) is 11.9. The van der Waals surface area contributed by atoms with Gasteiger partial charge in [0, 0.05) is 33.5 Å². The first kappa shape index (κ1) is 14.4. The van der Waals surface area contributed by atoms with Gasteiger partial charge >= 0.3 is 6.03 Å². The summed E-state index contributed by atoms with van der Waals surface area (Å²) in [6.07, 6.45) is 2.55. The highest BCUT2D eigenvalue weighted by Gasteiger charge is 2.17. The third-order valence-corrected chi connectivity index (χ3v) is 2.82. The average Bonchev–Trinajstić information content (AvgIpc) is 2.42. The van der Waals surface area contributed by atoms with Gasteiger partial charge in [-0.3, -0.25) is 4.98 Å². The molecule has 0 radical (unpaired) electrons. The van der Waals surface area contributed by atoms with E-state index in [1.165, 1.54) is 0 Å². The van der Waals surface area contributed by atoms with Crippen LogP contribution in [0, 0.1) is 0 Å². The lowest BCUT2D eigenvalue weighted by Crippen LogP contribution is -2.39. The van der Waals surface area contributed by atoms with Crippen LogP contribution in [0.5, 0.6) is 0 Å². The van der Waals surface area contributed by atoms with Crippen LogP contribution in [0.1, 0.15) is 25.1 Å². The summed E-state index contributed by atoms with van der Waals surface area (Å²) in [6.45, 7) is 3.23. The highest BCUT2D eigenvalue weighted by Crippen LogP contribution is 2.15. The molecule has 5 heteroatoms. The van der Waals surface area contributed by atoms with Gasteiger partial charge in [-0.25, -0.2) is 4.79 Å². The average molecular weight is 251 g/mol. The lowest BCUT2D eigenvalue weighted by molar-refractivity contribution is 0.182. The summed E-state index contributed by atoms with van der Waals surface area (Å²) in [6, 6.07) is 5.56. The quantitative estimate of drug-likeness (QED) is 0.785. The number of pyridine rings is 1. The van der Waals surface area contributed by atoms with E-state index in [-0.39, 0.29) is 12.1 Å². The maximum atomic E-state index is 11.9. The molecule has 0 aromatic carbocycles. The van der Waals surface area contributed by atoms with Gasteiger partial charge < -0.3 is 15.0 Å². The second-order valence-corrected chi connectivity index (χ2v) is 4.12. The number of nitrogens with one attached hydrogen (secondary N) is 1. The fourth-order valence-electron chi connectivity index (χ4n) is 1.53. The van der Waals surface area contributed by atoms with Gasteiger partial charge in [0.25, 0.3) is 0 Å². The molecule has 0 spiro atoms. The van der Waals surface area contributed by atoms with Crippen LogP contribution in [0.3, 0.4) is 0 Å². The zero-order chi connectivity index (χ0) is 13.4. The van der Waals surface area contributed by atoms with Crippen molar-refractivity contribution in [2.24, 2.45) is 0 Å². The molecule has 0 aliphatic rings. The Hall–Kier alpha value is -1.62. The van der Waals surface area contributed by atoms with Crippen LogP contribution in [0.25, 0.3) is 0 Å². The number of nitrogens with zero attached hydrogens (tertiary/aromatic N) is 2. The smallest absolute Gasteiger partial charge is 0.317 e. The molecule has 1 N–H and O–H groups in total. The molecule has 1 unspecified atom stereocenters. The molecular weight excluding hydrogens is 230 g/mol. The Morgan fingerprint density at radius 3 is 2.94 bits per heavy atom. The summed E-state index contributed by atoms with van der Waals surface area (Å²) < 4.78 is 4.93. The van der Waals surface area contributed by atoms with Crippen molar-refractivity contribution < 1.29 is 9.53 Å². The molecule has 1 rings (SSSR count). The Morgan fingerprint density at radius 1 is 1.56 bits per heavy atom. The van der Waals surface area contributed by atoms with Gasteiger partial charge in [-0.2, -0.15) is 0 Å². The van der Waals surface area contributed by atoms with Crippen LogP contribution in [0.15, 0.2) is 24.4 Å². The standard InChI is InChI=1S/C13H21N3O2/c1-11(12-7-4-5-8-14-12)16(2)13(17)15-9-6-10-18-3/h4-5,7-8,11H,6,9-10H2,1-3H3,(H,15,17). The minimum absolute atomic E-state index is 0.0476. The molecule has 100 valence electrons. The number of rotatable bonds is 6. The zero-order valence-electron chi connectivity index (χ0n) is 11.2. The van der Waals surface area contributed by atoms with Gasteiger partial charge in [-0.1, -0.05) is 6.07 Å². The summed E-state index contributed by atoms with van der Waals surface area (Å²) in [4.78, 5) is 17.8. The largest absolute Gasteiger partial charge is 0.385 e. The number of carbonyl (C=O) groups is 1. The van der Waals surface area contributed by atoms with Crippen molar-refractivity contribution >= 4 is 6.03 Å². The fourth-order valence-corrected chi connectivity index (χ4v) is 1.53. The summed E-state index contributed by atoms with van der Waals surface area (Å²) in [5, 5.41) is 2.85. The van der Waals surface area contributed by atoms with E-state index < -0.39 is 0 Å². The Bertz CT molecular complexity index is 357. The number of hydrogen-bond donors (Lipinski definition) is 1. The highest BCUT2D eigenvalue weighted by molar-refractivity contribution is 5.74. The van der Waals surface area contributed by atoms with Crippen molar-refractivity contribution in [2.75, 3.05) is 27.3 Å². The van der Waals surface area contributed by atoms with Crippen LogP contribution in [-0.2, 0) is 4.74 Å². The molecular formula is C13H21N3O2. The van der Waals surface area contributed by atoms with Crippen molar-refractivity contribution in [3.05, 3.63) is 30.1 Å². The Labute approximate surface area is 108 Å². The number of ether oxygens (including phenoxy) is 1. The van der Waals surface area contributed by atoms with Gasteiger partial charge in [0.15, 0.2) is 0 Å². The molecule has 1 aromatic heterocycles. The molecule has 0 fully saturated rings. The van der Waals surface area contributed by atoms with Gasteiger partial charge in [0.05, 0.1) is 11.7 Å². The molecule has 5 nitrogen and oxygen atoms in total. The van der Waals surface area contributed by atoms with E-state index in [4.69, 9.17) is 4.74 Å². The van der Waals surface area contributed by atoms with E-state index in [2.05, 4.69) is 10.3 Å². The lowest BCUT2D eigenvalue weighted by Gasteiger charge is -2.24.